The number of hydrogen-bond acceptors (Lipinski definition) is 2. The molecule has 90 valence electrons. The van der Waals surface area contributed by atoms with Crippen molar-refractivity contribution in [1.29, 1.82) is 0 Å². The van der Waals surface area contributed by atoms with Crippen LogP contribution in [0.2, 0.25) is 0 Å². The fourth-order valence-electron chi connectivity index (χ4n) is 3.08. The van der Waals surface area contributed by atoms with Gasteiger partial charge in [0.25, 0.3) is 0 Å². The van der Waals surface area contributed by atoms with E-state index in [2.05, 4.69) is 31.0 Å². The summed E-state index contributed by atoms with van der Waals surface area (Å²) in [5.74, 6) is 0.390. The molecular formula is C13H22N2O. The Kier molecular flexibility index (Phi) is 1.99. The highest BCUT2D eigenvalue weighted by atomic mass is 16.2. The minimum atomic E-state index is -0.126. The van der Waals surface area contributed by atoms with Crippen LogP contribution in [-0.4, -0.2) is 28.6 Å². The number of nitrogens with one attached hydrogen (secondary N) is 1. The van der Waals surface area contributed by atoms with Crippen molar-refractivity contribution in [2.75, 3.05) is 0 Å². The maximum absolute atomic E-state index is 12.4. The molecule has 3 nitrogen and oxygen atoms in total. The van der Waals surface area contributed by atoms with Crippen molar-refractivity contribution in [2.45, 2.75) is 70.6 Å². The highest BCUT2D eigenvalue weighted by Gasteiger charge is 2.64. The fourth-order valence-corrected chi connectivity index (χ4v) is 3.08. The van der Waals surface area contributed by atoms with Crippen LogP contribution in [0.15, 0.2) is 0 Å². The van der Waals surface area contributed by atoms with E-state index in [0.717, 1.165) is 25.7 Å². The van der Waals surface area contributed by atoms with Gasteiger partial charge in [-0.1, -0.05) is 27.2 Å². The molecule has 1 aliphatic heterocycles. The molecule has 0 bridgehead atoms. The quantitative estimate of drug-likeness (QED) is 0.790. The van der Waals surface area contributed by atoms with Crippen molar-refractivity contribution in [1.82, 2.24) is 10.2 Å². The molecule has 1 saturated heterocycles. The Morgan fingerprint density at radius 3 is 2.50 bits per heavy atom. The standard InChI is InChI=1S/C13H22N2O/c1-4-5-10-14-13(6-7-13)11(16)15(10)9-8-12(9,2)3/h9-10,14H,4-8H2,1-3H3. The SMILES string of the molecule is CCCC1NC2(CC2)C(=O)N1C1CC1(C)C. The molecule has 2 saturated carbocycles. The van der Waals surface area contributed by atoms with E-state index in [4.69, 9.17) is 0 Å². The lowest BCUT2D eigenvalue weighted by atomic mass is 10.1. The molecular weight excluding hydrogens is 200 g/mol. The summed E-state index contributed by atoms with van der Waals surface area (Å²) in [5.41, 5.74) is 0.224. The van der Waals surface area contributed by atoms with Gasteiger partial charge in [-0.3, -0.25) is 10.1 Å². The third kappa shape index (κ3) is 1.33. The van der Waals surface area contributed by atoms with Crippen molar-refractivity contribution in [3.05, 3.63) is 0 Å². The van der Waals surface area contributed by atoms with Crippen molar-refractivity contribution >= 4 is 5.91 Å². The summed E-state index contributed by atoms with van der Waals surface area (Å²) < 4.78 is 0. The Bertz CT molecular complexity index is 333. The molecule has 1 heterocycles. The first-order chi connectivity index (χ1) is 7.50. The van der Waals surface area contributed by atoms with Crippen LogP contribution in [0.5, 0.6) is 0 Å². The van der Waals surface area contributed by atoms with Gasteiger partial charge in [0.05, 0.1) is 11.7 Å². The van der Waals surface area contributed by atoms with E-state index in [9.17, 15) is 4.79 Å². The summed E-state index contributed by atoms with van der Waals surface area (Å²) in [6.45, 7) is 6.73. The minimum Gasteiger partial charge on any atom is -0.322 e. The zero-order chi connectivity index (χ0) is 11.6. The van der Waals surface area contributed by atoms with Crippen LogP contribution in [0, 0.1) is 5.41 Å². The van der Waals surface area contributed by atoms with Gasteiger partial charge in [-0.25, -0.2) is 0 Å². The molecule has 3 fully saturated rings. The molecule has 2 atom stereocenters. The van der Waals surface area contributed by atoms with Crippen molar-refractivity contribution in [3.63, 3.8) is 0 Å². The summed E-state index contributed by atoms with van der Waals surface area (Å²) in [7, 11) is 0. The smallest absolute Gasteiger partial charge is 0.244 e. The normalized spacial score (nSPS) is 38.2. The average Bonchev–Trinajstić information content (AvgIpc) is 3.05. The molecule has 3 heteroatoms. The number of nitrogens with zero attached hydrogens (tertiary/aromatic N) is 1. The lowest BCUT2D eigenvalue weighted by molar-refractivity contribution is -0.131. The van der Waals surface area contributed by atoms with Crippen LogP contribution in [0.4, 0.5) is 0 Å². The van der Waals surface area contributed by atoms with E-state index in [1.807, 2.05) is 0 Å². The van der Waals surface area contributed by atoms with Gasteiger partial charge >= 0.3 is 0 Å². The average molecular weight is 222 g/mol. The molecule has 0 aromatic rings. The van der Waals surface area contributed by atoms with E-state index in [0.29, 0.717) is 23.5 Å². The Labute approximate surface area is 97.6 Å². The predicted molar refractivity (Wildman–Crippen MR) is 62.8 cm³/mol. The predicted octanol–water partition coefficient (Wildman–Crippen LogP) is 1.88. The second-order valence-corrected chi connectivity index (χ2v) is 6.45. The van der Waals surface area contributed by atoms with E-state index < -0.39 is 0 Å². The second kappa shape index (κ2) is 3.00. The second-order valence-electron chi connectivity index (χ2n) is 6.45. The van der Waals surface area contributed by atoms with Crippen LogP contribution < -0.4 is 5.32 Å². The number of hydrogen-bond donors (Lipinski definition) is 1. The summed E-state index contributed by atoms with van der Waals surface area (Å²) in [4.78, 5) is 14.6. The number of carbonyl (C=O) groups is 1. The van der Waals surface area contributed by atoms with Gasteiger partial charge in [0, 0.05) is 6.04 Å². The highest BCUT2D eigenvalue weighted by molar-refractivity contribution is 5.92. The summed E-state index contributed by atoms with van der Waals surface area (Å²) in [5, 5.41) is 3.58. The Morgan fingerprint density at radius 2 is 2.06 bits per heavy atom. The molecule has 2 unspecified atom stereocenters. The van der Waals surface area contributed by atoms with E-state index in [1.54, 1.807) is 0 Å². The number of carbonyl (C=O) groups excluding carboxylic acids is 1. The first kappa shape index (κ1) is 10.6. The van der Waals surface area contributed by atoms with Crippen LogP contribution >= 0.6 is 0 Å². The zero-order valence-corrected chi connectivity index (χ0v) is 10.5. The summed E-state index contributed by atoms with van der Waals surface area (Å²) >= 11 is 0. The van der Waals surface area contributed by atoms with Crippen LogP contribution in [0.3, 0.4) is 0 Å². The molecule has 1 N–H and O–H groups in total. The Balaban J connectivity index is 1.81. The van der Waals surface area contributed by atoms with Gasteiger partial charge in [0.2, 0.25) is 5.91 Å². The lowest BCUT2D eigenvalue weighted by Gasteiger charge is -2.25. The Hall–Kier alpha value is -0.570. The maximum Gasteiger partial charge on any atom is 0.244 e. The van der Waals surface area contributed by atoms with Crippen LogP contribution in [0.1, 0.15) is 52.9 Å². The third-order valence-corrected chi connectivity index (χ3v) is 4.53. The van der Waals surface area contributed by atoms with E-state index in [1.165, 1.54) is 6.42 Å². The number of amides is 1. The fraction of sp³-hybridized carbons (Fsp3) is 0.923. The van der Waals surface area contributed by atoms with E-state index in [-0.39, 0.29) is 5.54 Å². The van der Waals surface area contributed by atoms with Gasteiger partial charge in [-0.2, -0.15) is 0 Å². The first-order valence-electron chi connectivity index (χ1n) is 6.61. The minimum absolute atomic E-state index is 0.126. The first-order valence-corrected chi connectivity index (χ1v) is 6.61. The molecule has 2 aliphatic carbocycles. The largest absolute Gasteiger partial charge is 0.322 e. The molecule has 0 aromatic heterocycles. The zero-order valence-electron chi connectivity index (χ0n) is 10.5. The van der Waals surface area contributed by atoms with Crippen LogP contribution in [-0.2, 0) is 4.79 Å². The molecule has 0 aromatic carbocycles. The van der Waals surface area contributed by atoms with Crippen molar-refractivity contribution in [3.8, 4) is 0 Å². The lowest BCUT2D eigenvalue weighted by Crippen LogP contribution is -2.40. The molecule has 16 heavy (non-hydrogen) atoms. The van der Waals surface area contributed by atoms with Crippen molar-refractivity contribution < 1.29 is 4.79 Å². The molecule has 0 radical (unpaired) electrons. The third-order valence-electron chi connectivity index (χ3n) is 4.53. The molecule has 3 aliphatic rings. The van der Waals surface area contributed by atoms with Gasteiger partial charge in [0.15, 0.2) is 0 Å². The monoisotopic (exact) mass is 222 g/mol. The molecule has 1 amide bonds. The topological polar surface area (TPSA) is 32.3 Å². The summed E-state index contributed by atoms with van der Waals surface area (Å²) in [6.07, 6.45) is 5.83. The molecule has 3 rings (SSSR count). The molecule has 1 spiro atoms. The highest BCUT2D eigenvalue weighted by Crippen LogP contribution is 2.54. The van der Waals surface area contributed by atoms with Gasteiger partial charge < -0.3 is 4.90 Å². The van der Waals surface area contributed by atoms with Gasteiger partial charge in [-0.05, 0) is 31.1 Å². The van der Waals surface area contributed by atoms with Crippen molar-refractivity contribution in [2.24, 2.45) is 5.41 Å². The van der Waals surface area contributed by atoms with Gasteiger partial charge in [-0.15, -0.1) is 0 Å². The van der Waals surface area contributed by atoms with Gasteiger partial charge in [0.1, 0.15) is 0 Å². The number of rotatable bonds is 3. The maximum atomic E-state index is 12.4. The summed E-state index contributed by atoms with van der Waals surface area (Å²) in [6, 6.07) is 0.490. The van der Waals surface area contributed by atoms with Crippen LogP contribution in [0.25, 0.3) is 0 Å². The Morgan fingerprint density at radius 1 is 1.44 bits per heavy atom. The van der Waals surface area contributed by atoms with E-state index >= 15 is 0 Å².